The van der Waals surface area contributed by atoms with Gasteiger partial charge in [-0.2, -0.15) is 0 Å². The molecule has 0 saturated heterocycles. The number of hydrogen-bond donors (Lipinski definition) is 3. The Hall–Kier alpha value is -1.84. The molecule has 1 atom stereocenters. The monoisotopic (exact) mass is 391 g/mol. The molecule has 0 saturated carbocycles. The Bertz CT molecular complexity index is 504. The van der Waals surface area contributed by atoms with Crippen LogP contribution in [0.2, 0.25) is 0 Å². The van der Waals surface area contributed by atoms with E-state index >= 15 is 0 Å². The lowest BCUT2D eigenvalue weighted by Gasteiger charge is -2.11. The highest BCUT2D eigenvalue weighted by molar-refractivity contribution is 14.1. The number of esters is 1. The van der Waals surface area contributed by atoms with Gasteiger partial charge >= 0.3 is 12.0 Å². The molecule has 0 aliphatic heterocycles. The van der Waals surface area contributed by atoms with E-state index in [9.17, 15) is 14.4 Å². The highest BCUT2D eigenvalue weighted by Crippen LogP contribution is 2.10. The first-order chi connectivity index (χ1) is 9.38. The van der Waals surface area contributed by atoms with Gasteiger partial charge in [-0.3, -0.25) is 4.79 Å². The van der Waals surface area contributed by atoms with E-state index in [2.05, 4.69) is 33.2 Å². The second kappa shape index (κ2) is 7.68. The summed E-state index contributed by atoms with van der Waals surface area (Å²) in [5.74, 6) is -1.20. The van der Waals surface area contributed by atoms with Crippen LogP contribution in [0.25, 0.3) is 0 Å². The summed E-state index contributed by atoms with van der Waals surface area (Å²) >= 11 is 2.15. The third kappa shape index (κ3) is 5.87. The van der Waals surface area contributed by atoms with E-state index in [0.29, 0.717) is 5.69 Å². The minimum absolute atomic E-state index is 0.435. The standard InChI is InChI=1S/C12H14IN3O4/c1-7(15-12(14)19)11(18)20-6-10(17)16-9-4-2-8(13)3-5-9/h2-5,7H,6H2,1H3,(H,16,17)(H3,14,15,19)/t7-/m1/s1. The summed E-state index contributed by atoms with van der Waals surface area (Å²) in [5.41, 5.74) is 5.47. The molecule has 0 aromatic heterocycles. The first kappa shape index (κ1) is 16.2. The lowest BCUT2D eigenvalue weighted by molar-refractivity contribution is -0.148. The van der Waals surface area contributed by atoms with E-state index < -0.39 is 30.6 Å². The van der Waals surface area contributed by atoms with E-state index in [4.69, 9.17) is 10.5 Å². The number of amides is 3. The molecule has 0 heterocycles. The van der Waals surface area contributed by atoms with Gasteiger partial charge in [-0.05, 0) is 53.8 Å². The summed E-state index contributed by atoms with van der Waals surface area (Å²) in [5, 5.41) is 4.73. The third-order valence-electron chi connectivity index (χ3n) is 2.19. The zero-order valence-electron chi connectivity index (χ0n) is 10.7. The van der Waals surface area contributed by atoms with Crippen LogP contribution < -0.4 is 16.4 Å². The van der Waals surface area contributed by atoms with Crippen molar-refractivity contribution in [2.45, 2.75) is 13.0 Å². The molecular formula is C12H14IN3O4. The molecule has 0 aliphatic rings. The number of primary amides is 1. The quantitative estimate of drug-likeness (QED) is 0.510. The maximum atomic E-state index is 11.5. The number of anilines is 1. The van der Waals surface area contributed by atoms with E-state index in [1.807, 2.05) is 12.1 Å². The molecule has 108 valence electrons. The molecule has 0 bridgehead atoms. The molecule has 3 amide bonds. The highest BCUT2D eigenvalue weighted by Gasteiger charge is 2.16. The summed E-state index contributed by atoms with van der Waals surface area (Å²) in [6, 6.07) is 5.40. The van der Waals surface area contributed by atoms with Crippen molar-refractivity contribution in [3.05, 3.63) is 27.8 Å². The fourth-order valence-electron chi connectivity index (χ4n) is 1.26. The molecule has 0 unspecified atom stereocenters. The number of ether oxygens (including phenoxy) is 1. The predicted octanol–water partition coefficient (Wildman–Crippen LogP) is 0.830. The van der Waals surface area contributed by atoms with Gasteiger partial charge in [0.2, 0.25) is 0 Å². The van der Waals surface area contributed by atoms with Crippen LogP contribution in [-0.4, -0.2) is 30.6 Å². The number of carbonyl (C=O) groups is 3. The smallest absolute Gasteiger partial charge is 0.328 e. The van der Waals surface area contributed by atoms with Crippen molar-refractivity contribution in [1.29, 1.82) is 0 Å². The fraction of sp³-hybridized carbons (Fsp3) is 0.250. The zero-order chi connectivity index (χ0) is 15.1. The van der Waals surface area contributed by atoms with Gasteiger partial charge in [0.1, 0.15) is 6.04 Å². The van der Waals surface area contributed by atoms with Gasteiger partial charge < -0.3 is 21.1 Å². The van der Waals surface area contributed by atoms with Crippen molar-refractivity contribution in [1.82, 2.24) is 5.32 Å². The molecule has 4 N–H and O–H groups in total. The van der Waals surface area contributed by atoms with Crippen molar-refractivity contribution in [3.8, 4) is 0 Å². The van der Waals surface area contributed by atoms with Crippen LogP contribution in [-0.2, 0) is 14.3 Å². The first-order valence-electron chi connectivity index (χ1n) is 5.66. The normalized spacial score (nSPS) is 11.3. The molecule has 0 radical (unpaired) electrons. The predicted molar refractivity (Wildman–Crippen MR) is 80.9 cm³/mol. The number of urea groups is 1. The summed E-state index contributed by atoms with van der Waals surface area (Å²) in [4.78, 5) is 33.5. The maximum Gasteiger partial charge on any atom is 0.328 e. The van der Waals surface area contributed by atoms with Gasteiger partial charge in [-0.15, -0.1) is 0 Å². The molecule has 1 aromatic rings. The largest absolute Gasteiger partial charge is 0.454 e. The Labute approximate surface area is 129 Å². The lowest BCUT2D eigenvalue weighted by Crippen LogP contribution is -2.43. The Balaban J connectivity index is 2.38. The molecule has 1 rings (SSSR count). The Kier molecular flexibility index (Phi) is 6.22. The molecule has 0 fully saturated rings. The Morgan fingerprint density at radius 1 is 1.30 bits per heavy atom. The number of carbonyl (C=O) groups excluding carboxylic acids is 3. The minimum atomic E-state index is -0.904. The van der Waals surface area contributed by atoms with E-state index in [1.165, 1.54) is 6.92 Å². The van der Waals surface area contributed by atoms with Crippen LogP contribution >= 0.6 is 22.6 Å². The maximum absolute atomic E-state index is 11.5. The number of hydrogen-bond acceptors (Lipinski definition) is 4. The molecule has 7 nitrogen and oxygen atoms in total. The van der Waals surface area contributed by atoms with Gasteiger partial charge in [0.05, 0.1) is 0 Å². The van der Waals surface area contributed by atoms with Gasteiger partial charge in [0.25, 0.3) is 5.91 Å². The molecule has 0 aliphatic carbocycles. The molecule has 0 spiro atoms. The Morgan fingerprint density at radius 2 is 1.90 bits per heavy atom. The summed E-state index contributed by atoms with van der Waals surface area (Å²) in [6.07, 6.45) is 0. The summed E-state index contributed by atoms with van der Waals surface area (Å²) in [6.45, 7) is 0.972. The van der Waals surface area contributed by atoms with Crippen LogP contribution in [0, 0.1) is 3.57 Å². The van der Waals surface area contributed by atoms with E-state index in [0.717, 1.165) is 3.57 Å². The Morgan fingerprint density at radius 3 is 2.45 bits per heavy atom. The van der Waals surface area contributed by atoms with Crippen LogP contribution in [0.3, 0.4) is 0 Å². The topological polar surface area (TPSA) is 111 Å². The second-order valence-corrected chi connectivity index (χ2v) is 5.14. The SMILES string of the molecule is C[C@@H](NC(N)=O)C(=O)OCC(=O)Nc1ccc(I)cc1. The van der Waals surface area contributed by atoms with Gasteiger partial charge in [-0.25, -0.2) is 9.59 Å². The summed E-state index contributed by atoms with van der Waals surface area (Å²) in [7, 11) is 0. The van der Waals surface area contributed by atoms with Crippen LogP contribution in [0.4, 0.5) is 10.5 Å². The van der Waals surface area contributed by atoms with Crippen LogP contribution in [0.15, 0.2) is 24.3 Å². The van der Waals surface area contributed by atoms with Gasteiger partial charge in [0, 0.05) is 9.26 Å². The molecule has 20 heavy (non-hydrogen) atoms. The fourth-order valence-corrected chi connectivity index (χ4v) is 1.62. The lowest BCUT2D eigenvalue weighted by atomic mass is 10.3. The van der Waals surface area contributed by atoms with E-state index in [-0.39, 0.29) is 0 Å². The third-order valence-corrected chi connectivity index (χ3v) is 2.90. The first-order valence-corrected chi connectivity index (χ1v) is 6.74. The minimum Gasteiger partial charge on any atom is -0.454 e. The number of rotatable bonds is 5. The molecular weight excluding hydrogens is 377 g/mol. The van der Waals surface area contributed by atoms with E-state index in [1.54, 1.807) is 12.1 Å². The second-order valence-electron chi connectivity index (χ2n) is 3.89. The number of benzene rings is 1. The number of nitrogens with one attached hydrogen (secondary N) is 2. The molecule has 1 aromatic carbocycles. The van der Waals surface area contributed by atoms with Gasteiger partial charge in [0.15, 0.2) is 6.61 Å². The van der Waals surface area contributed by atoms with Gasteiger partial charge in [-0.1, -0.05) is 0 Å². The summed E-state index contributed by atoms with van der Waals surface area (Å²) < 4.78 is 5.78. The average molecular weight is 391 g/mol. The molecule has 8 heteroatoms. The van der Waals surface area contributed by atoms with Crippen molar-refractivity contribution < 1.29 is 19.1 Å². The van der Waals surface area contributed by atoms with Crippen LogP contribution in [0.1, 0.15) is 6.92 Å². The number of nitrogens with two attached hydrogens (primary N) is 1. The van der Waals surface area contributed by atoms with Crippen molar-refractivity contribution in [2.24, 2.45) is 5.73 Å². The highest BCUT2D eigenvalue weighted by atomic mass is 127. The van der Waals surface area contributed by atoms with Crippen LogP contribution in [0.5, 0.6) is 0 Å². The van der Waals surface area contributed by atoms with Crippen molar-refractivity contribution in [2.75, 3.05) is 11.9 Å². The average Bonchev–Trinajstić information content (AvgIpc) is 2.38. The zero-order valence-corrected chi connectivity index (χ0v) is 12.8. The van der Waals surface area contributed by atoms with Crippen molar-refractivity contribution >= 4 is 46.2 Å². The number of halogens is 1. The van der Waals surface area contributed by atoms with Crippen molar-refractivity contribution in [3.63, 3.8) is 0 Å².